The average Bonchev–Trinajstić information content (AvgIpc) is 3.42. The highest BCUT2D eigenvalue weighted by Gasteiger charge is 2.28. The summed E-state index contributed by atoms with van der Waals surface area (Å²) in [5.41, 5.74) is 3.27. The number of fused-ring (bicyclic) bond motifs is 1. The number of amides is 1. The maximum atomic E-state index is 15.4. The van der Waals surface area contributed by atoms with Gasteiger partial charge in [0, 0.05) is 44.6 Å². The first kappa shape index (κ1) is 23.0. The van der Waals surface area contributed by atoms with Crippen molar-refractivity contribution in [2.45, 2.75) is 33.1 Å². The molecule has 1 aliphatic rings. The molecule has 0 saturated carbocycles. The van der Waals surface area contributed by atoms with E-state index in [1.807, 2.05) is 49.2 Å². The second kappa shape index (κ2) is 9.09. The van der Waals surface area contributed by atoms with E-state index in [2.05, 4.69) is 16.1 Å². The van der Waals surface area contributed by atoms with Gasteiger partial charge in [0.05, 0.1) is 11.2 Å². The minimum atomic E-state index is -0.495. The second-order valence-electron chi connectivity index (χ2n) is 9.30. The molecule has 3 heterocycles. The summed E-state index contributed by atoms with van der Waals surface area (Å²) in [6.07, 6.45) is 3.63. The number of likely N-dealkylation sites (tertiary alicyclic amines) is 1. The molecule has 180 valence electrons. The number of halogens is 1. The summed E-state index contributed by atoms with van der Waals surface area (Å²) in [6, 6.07) is 12.8. The fourth-order valence-corrected chi connectivity index (χ4v) is 4.88. The van der Waals surface area contributed by atoms with Gasteiger partial charge in [0.25, 0.3) is 0 Å². The van der Waals surface area contributed by atoms with E-state index in [0.717, 1.165) is 28.5 Å². The lowest BCUT2D eigenvalue weighted by atomic mass is 10.0. The summed E-state index contributed by atoms with van der Waals surface area (Å²) in [6.45, 7) is 5.19. The first-order valence-corrected chi connectivity index (χ1v) is 11.9. The normalized spacial score (nSPS) is 15.8. The van der Waals surface area contributed by atoms with Gasteiger partial charge < -0.3 is 4.90 Å². The highest BCUT2D eigenvalue weighted by Crippen LogP contribution is 2.28. The van der Waals surface area contributed by atoms with Crippen molar-refractivity contribution in [3.8, 4) is 16.8 Å². The van der Waals surface area contributed by atoms with Gasteiger partial charge in [-0.25, -0.2) is 18.4 Å². The van der Waals surface area contributed by atoms with E-state index in [1.165, 1.54) is 15.3 Å². The molecule has 1 aliphatic heterocycles. The second-order valence-corrected chi connectivity index (χ2v) is 9.30. The van der Waals surface area contributed by atoms with Gasteiger partial charge in [-0.15, -0.1) is 0 Å². The van der Waals surface area contributed by atoms with Crippen molar-refractivity contribution >= 4 is 16.8 Å². The van der Waals surface area contributed by atoms with Crippen molar-refractivity contribution in [2.75, 3.05) is 13.1 Å². The standard InChI is InChI=1S/C27H28FN5O2/c1-4-26(34)32-10-9-18(16-32)12-25-30-31(3)27(35)33(25)24-8-7-19(13-22(24)28)20-5-6-21-11-17(2)15-29-23(21)14-20/h5-8,11,13-15,18H,4,9-10,12,16H2,1-3H3. The van der Waals surface area contributed by atoms with Gasteiger partial charge in [0.1, 0.15) is 11.6 Å². The number of aromatic nitrogens is 4. The summed E-state index contributed by atoms with van der Waals surface area (Å²) >= 11 is 0. The van der Waals surface area contributed by atoms with Crippen LogP contribution in [0.2, 0.25) is 0 Å². The number of rotatable bonds is 5. The third kappa shape index (κ3) is 4.36. The Balaban J connectivity index is 1.45. The highest BCUT2D eigenvalue weighted by molar-refractivity contribution is 5.84. The molecule has 4 aromatic rings. The summed E-state index contributed by atoms with van der Waals surface area (Å²) in [5.74, 6) is 0.323. The topological polar surface area (TPSA) is 73.0 Å². The molecule has 1 saturated heterocycles. The summed E-state index contributed by atoms with van der Waals surface area (Å²) in [4.78, 5) is 31.3. The van der Waals surface area contributed by atoms with Crippen LogP contribution in [-0.2, 0) is 18.3 Å². The molecular formula is C27H28FN5O2. The number of hydrogen-bond donors (Lipinski definition) is 0. The molecule has 1 fully saturated rings. The van der Waals surface area contributed by atoms with E-state index in [1.54, 1.807) is 13.1 Å². The van der Waals surface area contributed by atoms with Gasteiger partial charge in [0.15, 0.2) is 0 Å². The summed E-state index contributed by atoms with van der Waals surface area (Å²) < 4.78 is 18.0. The van der Waals surface area contributed by atoms with Crippen LogP contribution in [-0.4, -0.2) is 43.2 Å². The zero-order chi connectivity index (χ0) is 24.7. The average molecular weight is 474 g/mol. The zero-order valence-electron chi connectivity index (χ0n) is 20.2. The van der Waals surface area contributed by atoms with Gasteiger partial charge in [-0.1, -0.05) is 25.1 Å². The lowest BCUT2D eigenvalue weighted by Crippen LogP contribution is -2.28. The van der Waals surface area contributed by atoms with E-state index in [4.69, 9.17) is 0 Å². The molecule has 0 radical (unpaired) electrons. The Labute approximate surface area is 202 Å². The predicted octanol–water partition coefficient (Wildman–Crippen LogP) is 4.03. The summed E-state index contributed by atoms with van der Waals surface area (Å²) in [5, 5.41) is 5.42. The van der Waals surface area contributed by atoms with Crippen molar-refractivity contribution in [1.82, 2.24) is 24.2 Å². The smallest absolute Gasteiger partial charge is 0.342 e. The van der Waals surface area contributed by atoms with E-state index in [0.29, 0.717) is 37.3 Å². The zero-order valence-corrected chi connectivity index (χ0v) is 20.2. The molecule has 1 unspecified atom stereocenters. The Morgan fingerprint density at radius 3 is 2.69 bits per heavy atom. The van der Waals surface area contributed by atoms with Crippen molar-refractivity contribution in [2.24, 2.45) is 13.0 Å². The molecule has 2 aromatic heterocycles. The van der Waals surface area contributed by atoms with Crippen LogP contribution in [0.4, 0.5) is 4.39 Å². The van der Waals surface area contributed by atoms with Crippen LogP contribution in [0.25, 0.3) is 27.7 Å². The van der Waals surface area contributed by atoms with E-state index >= 15 is 4.39 Å². The maximum absolute atomic E-state index is 15.4. The maximum Gasteiger partial charge on any atom is 0.350 e. The fourth-order valence-electron chi connectivity index (χ4n) is 4.88. The number of nitrogens with zero attached hydrogens (tertiary/aromatic N) is 5. The van der Waals surface area contributed by atoms with Gasteiger partial charge in [0.2, 0.25) is 5.91 Å². The lowest BCUT2D eigenvalue weighted by Gasteiger charge is -2.15. The van der Waals surface area contributed by atoms with Gasteiger partial charge in [-0.05, 0) is 60.2 Å². The Morgan fingerprint density at radius 2 is 1.91 bits per heavy atom. The molecule has 35 heavy (non-hydrogen) atoms. The van der Waals surface area contributed by atoms with Crippen LogP contribution >= 0.6 is 0 Å². The predicted molar refractivity (Wildman–Crippen MR) is 133 cm³/mol. The van der Waals surface area contributed by atoms with Crippen LogP contribution in [0.1, 0.15) is 31.2 Å². The monoisotopic (exact) mass is 473 g/mol. The minimum absolute atomic E-state index is 0.131. The highest BCUT2D eigenvalue weighted by atomic mass is 19.1. The Hall–Kier alpha value is -3.81. The number of hydrogen-bond acceptors (Lipinski definition) is 4. The van der Waals surface area contributed by atoms with Crippen molar-refractivity contribution in [3.63, 3.8) is 0 Å². The van der Waals surface area contributed by atoms with Crippen molar-refractivity contribution < 1.29 is 9.18 Å². The third-order valence-electron chi connectivity index (χ3n) is 6.75. The van der Waals surface area contributed by atoms with Crippen LogP contribution in [0.5, 0.6) is 0 Å². The van der Waals surface area contributed by atoms with Crippen LogP contribution in [0, 0.1) is 18.7 Å². The number of carbonyl (C=O) groups excluding carboxylic acids is 1. The molecule has 0 aliphatic carbocycles. The summed E-state index contributed by atoms with van der Waals surface area (Å²) in [7, 11) is 1.57. The Morgan fingerprint density at radius 1 is 1.14 bits per heavy atom. The first-order chi connectivity index (χ1) is 16.8. The van der Waals surface area contributed by atoms with Crippen LogP contribution < -0.4 is 5.69 Å². The molecule has 0 N–H and O–H groups in total. The molecular weight excluding hydrogens is 445 g/mol. The minimum Gasteiger partial charge on any atom is -0.342 e. The molecule has 1 atom stereocenters. The largest absolute Gasteiger partial charge is 0.350 e. The quantitative estimate of drug-likeness (QED) is 0.439. The van der Waals surface area contributed by atoms with Crippen molar-refractivity contribution in [3.05, 3.63) is 76.4 Å². The van der Waals surface area contributed by atoms with E-state index in [9.17, 15) is 9.59 Å². The SMILES string of the molecule is CCC(=O)N1CCC(Cc2nn(C)c(=O)n2-c2ccc(-c3ccc4cc(C)cnc4c3)cc2F)C1. The van der Waals surface area contributed by atoms with Crippen molar-refractivity contribution in [1.29, 1.82) is 0 Å². The van der Waals surface area contributed by atoms with E-state index in [-0.39, 0.29) is 17.5 Å². The molecule has 7 nitrogen and oxygen atoms in total. The number of carbonyl (C=O) groups is 1. The van der Waals surface area contributed by atoms with Gasteiger partial charge >= 0.3 is 5.69 Å². The molecule has 2 aromatic carbocycles. The third-order valence-corrected chi connectivity index (χ3v) is 6.75. The molecule has 0 bridgehead atoms. The van der Waals surface area contributed by atoms with Crippen LogP contribution in [0.3, 0.4) is 0 Å². The first-order valence-electron chi connectivity index (χ1n) is 11.9. The Bertz CT molecular complexity index is 1490. The van der Waals surface area contributed by atoms with Crippen LogP contribution in [0.15, 0.2) is 53.5 Å². The molecule has 0 spiro atoms. The number of aryl methyl sites for hydroxylation is 2. The number of benzene rings is 2. The fraction of sp³-hybridized carbons (Fsp3) is 0.333. The van der Waals surface area contributed by atoms with Gasteiger partial charge in [-0.2, -0.15) is 5.10 Å². The van der Waals surface area contributed by atoms with E-state index < -0.39 is 11.5 Å². The molecule has 8 heteroatoms. The Kier molecular flexibility index (Phi) is 5.96. The lowest BCUT2D eigenvalue weighted by molar-refractivity contribution is -0.129. The molecule has 5 rings (SSSR count). The van der Waals surface area contributed by atoms with Gasteiger partial charge in [-0.3, -0.25) is 9.78 Å². The number of pyridine rings is 1. The molecule has 1 amide bonds.